The van der Waals surface area contributed by atoms with Gasteiger partial charge in [-0.2, -0.15) is 0 Å². The highest BCUT2D eigenvalue weighted by atomic mass is 16.6. The summed E-state index contributed by atoms with van der Waals surface area (Å²) in [5.74, 6) is 0.740. The van der Waals surface area contributed by atoms with Gasteiger partial charge in [0.2, 0.25) is 0 Å². The van der Waals surface area contributed by atoms with Crippen LogP contribution in [0.5, 0.6) is 11.5 Å². The molecule has 0 radical (unpaired) electrons. The number of ether oxygens (including phenoxy) is 6. The van der Waals surface area contributed by atoms with Crippen LogP contribution in [0, 0.1) is 0 Å². The molecule has 2 amide bonds. The van der Waals surface area contributed by atoms with E-state index in [9.17, 15) is 9.59 Å². The Balaban J connectivity index is 0.682. The predicted molar refractivity (Wildman–Crippen MR) is 246 cm³/mol. The zero-order valence-electron chi connectivity index (χ0n) is 34.3. The number of carbonyl (C=O) groups is 2. The lowest BCUT2D eigenvalue weighted by atomic mass is 9.96. The van der Waals surface area contributed by atoms with Crippen molar-refractivity contribution in [1.29, 1.82) is 0 Å². The van der Waals surface area contributed by atoms with Crippen molar-refractivity contribution in [2.75, 3.05) is 76.7 Å². The highest BCUT2D eigenvalue weighted by Gasteiger charge is 2.18. The minimum Gasteiger partial charge on any atom is -0.489 e. The summed E-state index contributed by atoms with van der Waals surface area (Å²) in [6, 6.07) is 50.7. The third kappa shape index (κ3) is 10.4. The van der Waals surface area contributed by atoms with Crippen LogP contribution >= 0.6 is 0 Å². The van der Waals surface area contributed by atoms with Crippen molar-refractivity contribution >= 4 is 66.3 Å². The fourth-order valence-corrected chi connectivity index (χ4v) is 7.46. The smallest absolute Gasteiger partial charge is 0.257 e. The maximum Gasteiger partial charge on any atom is 0.257 e. The molecular weight excluding hydrogens is 781 g/mol. The number of rotatable bonds is 21. The van der Waals surface area contributed by atoms with Crippen molar-refractivity contribution < 1.29 is 38.0 Å². The molecule has 0 atom stereocenters. The Labute approximate surface area is 360 Å². The van der Waals surface area contributed by atoms with Gasteiger partial charge in [0.05, 0.1) is 75.4 Å². The molecule has 2 N–H and O–H groups in total. The van der Waals surface area contributed by atoms with Gasteiger partial charge in [-0.15, -0.1) is 0 Å². The number of nitrogens with one attached hydrogen (secondary N) is 2. The van der Waals surface area contributed by atoms with E-state index in [2.05, 4.69) is 22.8 Å². The third-order valence-corrected chi connectivity index (χ3v) is 10.4. The zero-order valence-corrected chi connectivity index (χ0v) is 34.3. The predicted octanol–water partition coefficient (Wildman–Crippen LogP) is 10.3. The topological polar surface area (TPSA) is 114 Å². The number of para-hydroxylation sites is 4. The fourth-order valence-electron chi connectivity index (χ4n) is 7.46. The molecule has 0 spiro atoms. The number of hydrogen-bond acceptors (Lipinski definition) is 8. The Morgan fingerprint density at radius 2 is 0.613 bits per heavy atom. The van der Waals surface area contributed by atoms with E-state index < -0.39 is 0 Å². The quantitative estimate of drug-likeness (QED) is 0.0544. The van der Waals surface area contributed by atoms with Crippen molar-refractivity contribution in [3.05, 3.63) is 169 Å². The Bertz CT molecular complexity index is 2490. The first-order valence-electron chi connectivity index (χ1n) is 20.8. The summed E-state index contributed by atoms with van der Waals surface area (Å²) in [4.78, 5) is 27.5. The molecule has 8 rings (SSSR count). The van der Waals surface area contributed by atoms with Gasteiger partial charge in [0.25, 0.3) is 11.8 Å². The molecule has 0 aromatic heterocycles. The van der Waals surface area contributed by atoms with Crippen molar-refractivity contribution in [2.24, 2.45) is 0 Å². The molecule has 10 nitrogen and oxygen atoms in total. The monoisotopic (exact) mass is 828 g/mol. The maximum atomic E-state index is 13.7. The van der Waals surface area contributed by atoms with E-state index >= 15 is 0 Å². The van der Waals surface area contributed by atoms with Gasteiger partial charge in [0, 0.05) is 0 Å². The molecule has 8 aromatic carbocycles. The summed E-state index contributed by atoms with van der Waals surface area (Å²) in [5, 5.41) is 13.8. The average Bonchev–Trinajstić information content (AvgIpc) is 3.30. The molecule has 0 unspecified atom stereocenters. The van der Waals surface area contributed by atoms with Gasteiger partial charge in [-0.05, 0) is 79.5 Å². The number of fused-ring (bicyclic) bond motifs is 4. The Morgan fingerprint density at radius 1 is 0.339 bits per heavy atom. The second-order valence-electron chi connectivity index (χ2n) is 14.4. The lowest BCUT2D eigenvalue weighted by molar-refractivity contribution is -0.00695. The van der Waals surface area contributed by atoms with Crippen LogP contribution in [0.4, 0.5) is 11.4 Å². The first-order chi connectivity index (χ1) is 30.6. The third-order valence-electron chi connectivity index (χ3n) is 10.4. The largest absolute Gasteiger partial charge is 0.489 e. The lowest BCUT2D eigenvalue weighted by Crippen LogP contribution is -2.16. The van der Waals surface area contributed by atoms with Gasteiger partial charge < -0.3 is 39.1 Å². The lowest BCUT2D eigenvalue weighted by Gasteiger charge is -2.15. The van der Waals surface area contributed by atoms with E-state index in [1.165, 1.54) is 0 Å². The van der Waals surface area contributed by atoms with Crippen LogP contribution in [0.2, 0.25) is 0 Å². The summed E-state index contributed by atoms with van der Waals surface area (Å²) >= 11 is 0. The van der Waals surface area contributed by atoms with Crippen molar-refractivity contribution in [3.63, 3.8) is 0 Å². The van der Waals surface area contributed by atoms with Gasteiger partial charge in [-0.1, -0.05) is 121 Å². The van der Waals surface area contributed by atoms with E-state index in [0.717, 1.165) is 43.1 Å². The highest BCUT2D eigenvalue weighted by Crippen LogP contribution is 2.33. The molecule has 8 aromatic rings. The molecular formula is C52H48N2O8. The number of amides is 2. The van der Waals surface area contributed by atoms with Crippen molar-refractivity contribution in [3.8, 4) is 11.5 Å². The van der Waals surface area contributed by atoms with Gasteiger partial charge in [-0.25, -0.2) is 0 Å². The van der Waals surface area contributed by atoms with Crippen LogP contribution in [0.25, 0.3) is 43.1 Å². The molecule has 0 saturated carbocycles. The van der Waals surface area contributed by atoms with Gasteiger partial charge in [0.1, 0.15) is 24.7 Å². The molecule has 0 bridgehead atoms. The minimum atomic E-state index is -0.196. The Hall–Kier alpha value is -6.82. The highest BCUT2D eigenvalue weighted by molar-refractivity contribution is 6.23. The van der Waals surface area contributed by atoms with E-state index in [1.54, 1.807) is 0 Å². The first-order valence-corrected chi connectivity index (χ1v) is 20.8. The molecule has 0 aliphatic rings. The van der Waals surface area contributed by atoms with Gasteiger partial charge in [-0.3, -0.25) is 9.59 Å². The summed E-state index contributed by atoms with van der Waals surface area (Å²) in [6.45, 7) is 3.86. The van der Waals surface area contributed by atoms with Gasteiger partial charge in [0.15, 0.2) is 0 Å². The van der Waals surface area contributed by atoms with Crippen LogP contribution in [-0.2, 0) is 18.9 Å². The van der Waals surface area contributed by atoms with E-state index in [1.807, 2.05) is 146 Å². The summed E-state index contributed by atoms with van der Waals surface area (Å²) in [7, 11) is 0. The van der Waals surface area contributed by atoms with Crippen LogP contribution in [0.15, 0.2) is 158 Å². The SMILES string of the molecule is O=C(Nc1ccccc1OCCOCCOCCOCCOCCOc1ccccc1NC(=O)c1c2ccccc2cc2ccccc12)c1c2ccccc2cc2ccccc12. The van der Waals surface area contributed by atoms with Crippen molar-refractivity contribution in [1.82, 2.24) is 0 Å². The van der Waals surface area contributed by atoms with E-state index in [0.29, 0.717) is 100 Å². The Morgan fingerprint density at radius 3 is 0.952 bits per heavy atom. The molecule has 10 heteroatoms. The number of carbonyl (C=O) groups excluding carboxylic acids is 2. The van der Waals surface area contributed by atoms with E-state index in [4.69, 9.17) is 28.4 Å². The molecule has 62 heavy (non-hydrogen) atoms. The molecule has 0 aliphatic heterocycles. The first kappa shape index (κ1) is 41.9. The molecule has 0 fully saturated rings. The van der Waals surface area contributed by atoms with E-state index in [-0.39, 0.29) is 11.8 Å². The zero-order chi connectivity index (χ0) is 42.4. The molecule has 314 valence electrons. The number of anilines is 2. The number of benzene rings is 8. The second kappa shape index (κ2) is 21.1. The second-order valence-corrected chi connectivity index (χ2v) is 14.4. The average molecular weight is 829 g/mol. The molecule has 0 aliphatic carbocycles. The van der Waals surface area contributed by atoms with Crippen LogP contribution in [0.3, 0.4) is 0 Å². The molecule has 0 heterocycles. The molecule has 0 saturated heterocycles. The minimum absolute atomic E-state index is 0.196. The summed E-state index contributed by atoms with van der Waals surface area (Å²) in [6.07, 6.45) is 0. The van der Waals surface area contributed by atoms with Crippen LogP contribution < -0.4 is 20.1 Å². The van der Waals surface area contributed by atoms with Crippen LogP contribution in [0.1, 0.15) is 20.7 Å². The van der Waals surface area contributed by atoms with Gasteiger partial charge >= 0.3 is 0 Å². The Kier molecular flexibility index (Phi) is 14.3. The summed E-state index contributed by atoms with van der Waals surface area (Å²) in [5.41, 5.74) is 2.44. The fraction of sp³-hybridized carbons (Fsp3) is 0.192. The number of hydrogen-bond donors (Lipinski definition) is 2. The normalized spacial score (nSPS) is 11.3. The maximum absolute atomic E-state index is 13.7. The van der Waals surface area contributed by atoms with Crippen molar-refractivity contribution in [2.45, 2.75) is 0 Å². The van der Waals surface area contributed by atoms with Crippen LogP contribution in [-0.4, -0.2) is 77.9 Å². The summed E-state index contributed by atoms with van der Waals surface area (Å²) < 4.78 is 34.7. The standard InChI is InChI=1S/C52H48N2O8/c55-51(49-41-17-5-1-13-37(41)35-38-14-2-6-18-42(38)49)53-45-21-9-11-23-47(45)61-33-31-59-29-27-57-25-26-58-28-30-60-32-34-62-48-24-12-10-22-46(48)54-52(56)50-43-19-7-3-15-39(43)36-40-16-4-8-20-44(40)50/h1-24,35-36H,25-34H2,(H,53,55)(H,54,56).